The van der Waals surface area contributed by atoms with E-state index in [-0.39, 0.29) is 5.56 Å². The van der Waals surface area contributed by atoms with Gasteiger partial charge in [0.15, 0.2) is 0 Å². The van der Waals surface area contributed by atoms with Crippen LogP contribution in [0.1, 0.15) is 35.3 Å². The number of aryl methyl sites for hydroxylation is 2. The second kappa shape index (κ2) is 6.44. The fourth-order valence-corrected chi connectivity index (χ4v) is 2.46. The van der Waals surface area contributed by atoms with Crippen LogP contribution in [0, 0.1) is 0 Å². The Labute approximate surface area is 125 Å². The molecule has 0 bridgehead atoms. The van der Waals surface area contributed by atoms with Gasteiger partial charge in [0.25, 0.3) is 0 Å². The van der Waals surface area contributed by atoms with E-state index in [2.05, 4.69) is 32.0 Å². The van der Waals surface area contributed by atoms with Crippen molar-refractivity contribution in [2.45, 2.75) is 26.7 Å². The van der Waals surface area contributed by atoms with E-state index in [4.69, 9.17) is 4.74 Å². The van der Waals surface area contributed by atoms with Gasteiger partial charge in [0.05, 0.1) is 12.7 Å². The van der Waals surface area contributed by atoms with Crippen LogP contribution in [0.25, 0.3) is 11.1 Å². The molecule has 0 amide bonds. The largest absolute Gasteiger partial charge is 0.497 e. The molecule has 0 heterocycles. The average molecular weight is 284 g/mol. The van der Waals surface area contributed by atoms with Gasteiger partial charge in [-0.25, -0.2) is 4.79 Å². The van der Waals surface area contributed by atoms with Crippen molar-refractivity contribution in [3.8, 4) is 16.9 Å². The van der Waals surface area contributed by atoms with Gasteiger partial charge in [-0.15, -0.1) is 0 Å². The smallest absolute Gasteiger partial charge is 0.336 e. The molecule has 0 aromatic heterocycles. The van der Waals surface area contributed by atoms with Crippen molar-refractivity contribution in [3.63, 3.8) is 0 Å². The highest BCUT2D eigenvalue weighted by atomic mass is 16.5. The Morgan fingerprint density at radius 3 is 2.38 bits per heavy atom. The Morgan fingerprint density at radius 2 is 1.81 bits per heavy atom. The summed E-state index contributed by atoms with van der Waals surface area (Å²) in [5.41, 5.74) is 4.37. The quantitative estimate of drug-likeness (QED) is 0.895. The van der Waals surface area contributed by atoms with Gasteiger partial charge in [0.2, 0.25) is 0 Å². The predicted octanol–water partition coefficient (Wildman–Crippen LogP) is 4.19. The van der Waals surface area contributed by atoms with Gasteiger partial charge in [-0.2, -0.15) is 0 Å². The zero-order valence-electron chi connectivity index (χ0n) is 12.6. The van der Waals surface area contributed by atoms with Crippen molar-refractivity contribution < 1.29 is 14.6 Å². The number of rotatable bonds is 5. The summed E-state index contributed by atoms with van der Waals surface area (Å²) in [7, 11) is 1.54. The minimum atomic E-state index is -0.937. The first-order chi connectivity index (χ1) is 10.1. The topological polar surface area (TPSA) is 46.5 Å². The maximum Gasteiger partial charge on any atom is 0.336 e. The molecule has 0 aliphatic carbocycles. The van der Waals surface area contributed by atoms with Crippen molar-refractivity contribution in [3.05, 3.63) is 53.1 Å². The zero-order chi connectivity index (χ0) is 15.4. The summed E-state index contributed by atoms with van der Waals surface area (Å²) in [5, 5.41) is 9.48. The number of carboxylic acids is 1. The van der Waals surface area contributed by atoms with Crippen molar-refractivity contribution in [1.82, 2.24) is 0 Å². The van der Waals surface area contributed by atoms with Gasteiger partial charge < -0.3 is 9.84 Å². The van der Waals surface area contributed by atoms with Crippen LogP contribution in [0.2, 0.25) is 0 Å². The van der Waals surface area contributed by atoms with Gasteiger partial charge in [-0.3, -0.25) is 0 Å². The summed E-state index contributed by atoms with van der Waals surface area (Å²) in [5.74, 6) is -0.381. The molecule has 0 radical (unpaired) electrons. The first-order valence-corrected chi connectivity index (χ1v) is 7.14. The van der Waals surface area contributed by atoms with E-state index in [9.17, 15) is 9.90 Å². The molecule has 0 atom stereocenters. The van der Waals surface area contributed by atoms with Gasteiger partial charge in [-0.1, -0.05) is 32.0 Å². The second-order valence-electron chi connectivity index (χ2n) is 4.92. The summed E-state index contributed by atoms with van der Waals surface area (Å²) < 4.78 is 5.13. The molecule has 21 heavy (non-hydrogen) atoms. The molecule has 2 aromatic carbocycles. The summed E-state index contributed by atoms with van der Waals surface area (Å²) in [6.45, 7) is 4.17. The predicted molar refractivity (Wildman–Crippen MR) is 84.1 cm³/mol. The van der Waals surface area contributed by atoms with Crippen LogP contribution in [0.3, 0.4) is 0 Å². The normalized spacial score (nSPS) is 10.4. The van der Waals surface area contributed by atoms with E-state index in [1.807, 2.05) is 6.07 Å². The lowest BCUT2D eigenvalue weighted by atomic mass is 9.92. The van der Waals surface area contributed by atoms with Gasteiger partial charge in [-0.05, 0) is 53.3 Å². The van der Waals surface area contributed by atoms with E-state index >= 15 is 0 Å². The standard InChI is InChI=1S/C18H20O3/c1-4-12-6-7-13(5-2)16(10-12)15-9-8-14(21-3)11-17(15)18(19)20/h6-11H,4-5H2,1-3H3,(H,19,20). The van der Waals surface area contributed by atoms with Gasteiger partial charge >= 0.3 is 5.97 Å². The highest BCUT2D eigenvalue weighted by molar-refractivity contribution is 5.97. The van der Waals surface area contributed by atoms with Crippen molar-refractivity contribution in [2.24, 2.45) is 0 Å². The van der Waals surface area contributed by atoms with Crippen LogP contribution in [0.5, 0.6) is 5.75 Å². The molecule has 0 aliphatic rings. The molecule has 2 aromatic rings. The van der Waals surface area contributed by atoms with E-state index < -0.39 is 5.97 Å². The molecule has 0 saturated carbocycles. The summed E-state index contributed by atoms with van der Waals surface area (Å²) in [4.78, 5) is 11.6. The number of benzene rings is 2. The average Bonchev–Trinajstić information content (AvgIpc) is 2.53. The molecule has 2 rings (SSSR count). The fraction of sp³-hybridized carbons (Fsp3) is 0.278. The minimum Gasteiger partial charge on any atom is -0.497 e. The third-order valence-electron chi connectivity index (χ3n) is 3.71. The Bertz CT molecular complexity index is 660. The van der Waals surface area contributed by atoms with Crippen molar-refractivity contribution in [1.29, 1.82) is 0 Å². The number of ether oxygens (including phenoxy) is 1. The highest BCUT2D eigenvalue weighted by Gasteiger charge is 2.15. The van der Waals surface area contributed by atoms with Crippen molar-refractivity contribution >= 4 is 5.97 Å². The maximum absolute atomic E-state index is 11.6. The van der Waals surface area contributed by atoms with Crippen LogP contribution in [0.15, 0.2) is 36.4 Å². The molecule has 0 fully saturated rings. The lowest BCUT2D eigenvalue weighted by molar-refractivity contribution is 0.0697. The highest BCUT2D eigenvalue weighted by Crippen LogP contribution is 2.31. The molecule has 3 heteroatoms. The Balaban J connectivity index is 2.68. The van der Waals surface area contributed by atoms with E-state index in [0.29, 0.717) is 5.75 Å². The number of carbonyl (C=O) groups is 1. The lowest BCUT2D eigenvalue weighted by Gasteiger charge is -2.14. The molecule has 0 aliphatic heterocycles. The number of methoxy groups -OCH3 is 1. The van der Waals surface area contributed by atoms with Gasteiger partial charge in [0, 0.05) is 0 Å². The Morgan fingerprint density at radius 1 is 1.05 bits per heavy atom. The summed E-state index contributed by atoms with van der Waals surface area (Å²) in [6.07, 6.45) is 1.79. The van der Waals surface area contributed by atoms with Crippen LogP contribution in [-0.2, 0) is 12.8 Å². The molecule has 0 spiro atoms. The Kier molecular flexibility index (Phi) is 4.63. The minimum absolute atomic E-state index is 0.275. The molecule has 0 saturated heterocycles. The number of hydrogen-bond donors (Lipinski definition) is 1. The summed E-state index contributed by atoms with van der Waals surface area (Å²) in [6, 6.07) is 11.5. The van der Waals surface area contributed by atoms with Crippen LogP contribution in [-0.4, -0.2) is 18.2 Å². The molecule has 0 unspecified atom stereocenters. The molecule has 3 nitrogen and oxygen atoms in total. The SMILES string of the molecule is CCc1ccc(CC)c(-c2ccc(OC)cc2C(=O)O)c1. The van der Waals surface area contributed by atoms with Crippen LogP contribution >= 0.6 is 0 Å². The number of hydrogen-bond acceptors (Lipinski definition) is 2. The van der Waals surface area contributed by atoms with E-state index in [1.165, 1.54) is 12.7 Å². The van der Waals surface area contributed by atoms with E-state index in [1.54, 1.807) is 12.1 Å². The first-order valence-electron chi connectivity index (χ1n) is 7.14. The molecule has 110 valence electrons. The third-order valence-corrected chi connectivity index (χ3v) is 3.71. The Hall–Kier alpha value is -2.29. The monoisotopic (exact) mass is 284 g/mol. The second-order valence-corrected chi connectivity index (χ2v) is 4.92. The molecular formula is C18H20O3. The zero-order valence-corrected chi connectivity index (χ0v) is 12.6. The third kappa shape index (κ3) is 3.07. The van der Waals surface area contributed by atoms with Crippen LogP contribution < -0.4 is 4.74 Å². The number of carboxylic acid groups (broad SMARTS) is 1. The molecular weight excluding hydrogens is 264 g/mol. The fourth-order valence-electron chi connectivity index (χ4n) is 2.46. The maximum atomic E-state index is 11.6. The lowest BCUT2D eigenvalue weighted by Crippen LogP contribution is -2.02. The van der Waals surface area contributed by atoms with Crippen molar-refractivity contribution in [2.75, 3.05) is 7.11 Å². The van der Waals surface area contributed by atoms with E-state index in [0.717, 1.165) is 29.5 Å². The summed E-state index contributed by atoms with van der Waals surface area (Å²) >= 11 is 0. The number of aromatic carboxylic acids is 1. The first kappa shape index (κ1) is 15.1. The van der Waals surface area contributed by atoms with Gasteiger partial charge in [0.1, 0.15) is 5.75 Å². The van der Waals surface area contributed by atoms with Crippen LogP contribution in [0.4, 0.5) is 0 Å². The molecule has 1 N–H and O–H groups in total.